The van der Waals surface area contributed by atoms with Crippen molar-refractivity contribution >= 4 is 5.91 Å². The molecule has 0 spiro atoms. The van der Waals surface area contributed by atoms with E-state index >= 15 is 0 Å². The molecule has 3 nitrogen and oxygen atoms in total. The average Bonchev–Trinajstić information content (AvgIpc) is 2.14. The predicted octanol–water partition coefficient (Wildman–Crippen LogP) is 1.31. The molecule has 0 aliphatic carbocycles. The molecular formula is C11H22N2O. The van der Waals surface area contributed by atoms with E-state index in [-0.39, 0.29) is 11.9 Å². The van der Waals surface area contributed by atoms with Crippen molar-refractivity contribution in [2.24, 2.45) is 5.92 Å². The Morgan fingerprint density at radius 1 is 1.36 bits per heavy atom. The molecule has 0 saturated carbocycles. The standard InChI is InChI=1S/C11H22N2O/c1-5-6-7-12-10(4)11(14)13-8-9(2)3/h5-6,9-10,12H,7-8H2,1-4H3,(H,13,14)/b6-5+. The molecule has 14 heavy (non-hydrogen) atoms. The van der Waals surface area contributed by atoms with Gasteiger partial charge in [-0.2, -0.15) is 0 Å². The number of hydrogen-bond acceptors (Lipinski definition) is 2. The van der Waals surface area contributed by atoms with E-state index in [0.717, 1.165) is 13.1 Å². The summed E-state index contributed by atoms with van der Waals surface area (Å²) < 4.78 is 0. The van der Waals surface area contributed by atoms with Crippen molar-refractivity contribution in [1.29, 1.82) is 0 Å². The van der Waals surface area contributed by atoms with Crippen LogP contribution in [-0.2, 0) is 4.79 Å². The van der Waals surface area contributed by atoms with E-state index in [4.69, 9.17) is 0 Å². The maximum absolute atomic E-state index is 11.4. The predicted molar refractivity (Wildman–Crippen MR) is 60.1 cm³/mol. The first-order chi connectivity index (χ1) is 6.57. The fraction of sp³-hybridized carbons (Fsp3) is 0.727. The van der Waals surface area contributed by atoms with Crippen molar-refractivity contribution in [3.63, 3.8) is 0 Å². The van der Waals surface area contributed by atoms with E-state index in [0.29, 0.717) is 5.92 Å². The van der Waals surface area contributed by atoms with E-state index in [1.807, 2.05) is 26.0 Å². The molecular weight excluding hydrogens is 176 g/mol. The van der Waals surface area contributed by atoms with E-state index < -0.39 is 0 Å². The van der Waals surface area contributed by atoms with Gasteiger partial charge < -0.3 is 10.6 Å². The quantitative estimate of drug-likeness (QED) is 0.632. The second-order valence-electron chi connectivity index (χ2n) is 3.84. The highest BCUT2D eigenvalue weighted by Gasteiger charge is 2.10. The highest BCUT2D eigenvalue weighted by Crippen LogP contribution is 1.89. The van der Waals surface area contributed by atoms with Crippen LogP contribution < -0.4 is 10.6 Å². The van der Waals surface area contributed by atoms with Crippen LogP contribution in [0.2, 0.25) is 0 Å². The number of nitrogens with one attached hydrogen (secondary N) is 2. The largest absolute Gasteiger partial charge is 0.354 e. The summed E-state index contributed by atoms with van der Waals surface area (Å²) in [7, 11) is 0. The molecule has 3 heteroatoms. The molecule has 0 rings (SSSR count). The Balaban J connectivity index is 3.65. The molecule has 0 radical (unpaired) electrons. The van der Waals surface area contributed by atoms with Crippen molar-refractivity contribution in [1.82, 2.24) is 10.6 Å². The zero-order valence-corrected chi connectivity index (χ0v) is 9.63. The third-order valence-corrected chi connectivity index (χ3v) is 1.86. The van der Waals surface area contributed by atoms with Gasteiger partial charge in [-0.3, -0.25) is 4.79 Å². The first-order valence-electron chi connectivity index (χ1n) is 5.20. The molecule has 82 valence electrons. The van der Waals surface area contributed by atoms with Gasteiger partial charge in [0.05, 0.1) is 6.04 Å². The van der Waals surface area contributed by atoms with Crippen LogP contribution >= 0.6 is 0 Å². The SMILES string of the molecule is C/C=C/CNC(C)C(=O)NCC(C)C. The third-order valence-electron chi connectivity index (χ3n) is 1.86. The summed E-state index contributed by atoms with van der Waals surface area (Å²) in [4.78, 5) is 11.4. The average molecular weight is 198 g/mol. The number of carbonyl (C=O) groups excluding carboxylic acids is 1. The fourth-order valence-electron chi connectivity index (χ4n) is 0.913. The Bertz CT molecular complexity index is 188. The smallest absolute Gasteiger partial charge is 0.236 e. The molecule has 0 bridgehead atoms. The van der Waals surface area contributed by atoms with Crippen LogP contribution in [0.1, 0.15) is 27.7 Å². The molecule has 0 aliphatic rings. The van der Waals surface area contributed by atoms with E-state index in [2.05, 4.69) is 24.5 Å². The van der Waals surface area contributed by atoms with Gasteiger partial charge >= 0.3 is 0 Å². The number of hydrogen-bond donors (Lipinski definition) is 2. The van der Waals surface area contributed by atoms with Gasteiger partial charge in [-0.15, -0.1) is 0 Å². The summed E-state index contributed by atoms with van der Waals surface area (Å²) in [5.74, 6) is 0.574. The van der Waals surface area contributed by atoms with Crippen LogP contribution in [0, 0.1) is 5.92 Å². The van der Waals surface area contributed by atoms with Crippen molar-refractivity contribution in [2.45, 2.75) is 33.7 Å². The Labute approximate surface area is 87.0 Å². The van der Waals surface area contributed by atoms with Crippen molar-refractivity contribution in [2.75, 3.05) is 13.1 Å². The fourth-order valence-corrected chi connectivity index (χ4v) is 0.913. The lowest BCUT2D eigenvalue weighted by Gasteiger charge is -2.13. The van der Waals surface area contributed by atoms with Gasteiger partial charge in [-0.05, 0) is 19.8 Å². The zero-order valence-electron chi connectivity index (χ0n) is 9.63. The summed E-state index contributed by atoms with van der Waals surface area (Å²) in [5.41, 5.74) is 0. The van der Waals surface area contributed by atoms with Gasteiger partial charge in [-0.25, -0.2) is 0 Å². The van der Waals surface area contributed by atoms with Gasteiger partial charge in [0.2, 0.25) is 5.91 Å². The first-order valence-corrected chi connectivity index (χ1v) is 5.20. The minimum atomic E-state index is -0.120. The maximum Gasteiger partial charge on any atom is 0.236 e. The summed E-state index contributed by atoms with van der Waals surface area (Å²) >= 11 is 0. The number of allylic oxidation sites excluding steroid dienone is 1. The van der Waals surface area contributed by atoms with E-state index in [1.165, 1.54) is 0 Å². The monoisotopic (exact) mass is 198 g/mol. The molecule has 1 amide bonds. The van der Waals surface area contributed by atoms with Crippen LogP contribution in [0.25, 0.3) is 0 Å². The van der Waals surface area contributed by atoms with E-state index in [1.54, 1.807) is 0 Å². The van der Waals surface area contributed by atoms with Crippen LogP contribution in [0.4, 0.5) is 0 Å². The third kappa shape index (κ3) is 6.66. The Hall–Kier alpha value is -0.830. The van der Waals surface area contributed by atoms with E-state index in [9.17, 15) is 4.79 Å². The first kappa shape index (κ1) is 13.2. The topological polar surface area (TPSA) is 41.1 Å². The molecule has 0 heterocycles. The van der Waals surface area contributed by atoms with Gasteiger partial charge in [-0.1, -0.05) is 26.0 Å². The second-order valence-corrected chi connectivity index (χ2v) is 3.84. The van der Waals surface area contributed by atoms with Crippen molar-refractivity contribution < 1.29 is 4.79 Å². The maximum atomic E-state index is 11.4. The van der Waals surface area contributed by atoms with Crippen LogP contribution in [0.15, 0.2) is 12.2 Å². The molecule has 0 aliphatic heterocycles. The Kier molecular flexibility index (Phi) is 7.11. The molecule has 0 aromatic rings. The number of carbonyl (C=O) groups is 1. The molecule has 1 atom stereocenters. The molecule has 0 aromatic carbocycles. The van der Waals surface area contributed by atoms with Gasteiger partial charge in [0.15, 0.2) is 0 Å². The Morgan fingerprint density at radius 3 is 2.50 bits per heavy atom. The van der Waals surface area contributed by atoms with Crippen molar-refractivity contribution in [3.8, 4) is 0 Å². The molecule has 0 fully saturated rings. The second kappa shape index (κ2) is 7.56. The summed E-state index contributed by atoms with van der Waals surface area (Å²) in [6.07, 6.45) is 3.96. The lowest BCUT2D eigenvalue weighted by molar-refractivity contribution is -0.122. The minimum Gasteiger partial charge on any atom is -0.354 e. The van der Waals surface area contributed by atoms with Crippen LogP contribution in [-0.4, -0.2) is 25.0 Å². The normalized spacial score (nSPS) is 13.5. The highest BCUT2D eigenvalue weighted by atomic mass is 16.2. The Morgan fingerprint density at radius 2 is 2.00 bits per heavy atom. The number of rotatable bonds is 6. The van der Waals surface area contributed by atoms with Crippen molar-refractivity contribution in [3.05, 3.63) is 12.2 Å². The molecule has 0 aromatic heterocycles. The molecule has 0 saturated heterocycles. The summed E-state index contributed by atoms with van der Waals surface area (Å²) in [6, 6.07) is -0.120. The lowest BCUT2D eigenvalue weighted by Crippen LogP contribution is -2.43. The highest BCUT2D eigenvalue weighted by molar-refractivity contribution is 5.81. The summed E-state index contributed by atoms with van der Waals surface area (Å²) in [5, 5.41) is 5.99. The zero-order chi connectivity index (χ0) is 11.0. The van der Waals surface area contributed by atoms with Crippen LogP contribution in [0.3, 0.4) is 0 Å². The van der Waals surface area contributed by atoms with Gasteiger partial charge in [0, 0.05) is 13.1 Å². The van der Waals surface area contributed by atoms with Gasteiger partial charge in [0.25, 0.3) is 0 Å². The molecule has 2 N–H and O–H groups in total. The number of amides is 1. The lowest BCUT2D eigenvalue weighted by atomic mass is 10.2. The minimum absolute atomic E-state index is 0.0724. The summed E-state index contributed by atoms with van der Waals surface area (Å²) in [6.45, 7) is 9.49. The van der Waals surface area contributed by atoms with Crippen LogP contribution in [0.5, 0.6) is 0 Å². The van der Waals surface area contributed by atoms with Gasteiger partial charge in [0.1, 0.15) is 0 Å². The molecule has 1 unspecified atom stereocenters.